The number of aliphatic hydroxyl groups is 1. The molecule has 0 spiro atoms. The third-order valence-corrected chi connectivity index (χ3v) is 6.59. The van der Waals surface area contributed by atoms with Crippen LogP contribution in [0, 0.1) is 5.92 Å². The largest absolute Gasteiger partial charge is 0.497 e. The fraction of sp³-hybridized carbons (Fsp3) is 0.393. The van der Waals surface area contributed by atoms with Crippen molar-refractivity contribution in [2.24, 2.45) is 5.92 Å². The highest BCUT2D eigenvalue weighted by Crippen LogP contribution is 2.31. The lowest BCUT2D eigenvalue weighted by atomic mass is 9.99. The number of aromatic nitrogens is 2. The summed E-state index contributed by atoms with van der Waals surface area (Å²) in [5.41, 5.74) is 3.10. The summed E-state index contributed by atoms with van der Waals surface area (Å²) in [5.74, 6) is 0.897. The van der Waals surface area contributed by atoms with Crippen LogP contribution in [0.25, 0.3) is 11.1 Å². The predicted octanol–water partition coefficient (Wildman–Crippen LogP) is 3.50. The third-order valence-electron chi connectivity index (χ3n) is 6.59. The Bertz CT molecular complexity index is 1160. The molecule has 2 aromatic heterocycles. The highest BCUT2D eigenvalue weighted by molar-refractivity contribution is 5.98. The van der Waals surface area contributed by atoms with Gasteiger partial charge in [-0.25, -0.2) is 4.98 Å². The number of benzene rings is 1. The Morgan fingerprint density at radius 1 is 1.19 bits per heavy atom. The molecular weight excluding hydrogens is 456 g/mol. The van der Waals surface area contributed by atoms with Gasteiger partial charge in [-0.2, -0.15) is 0 Å². The van der Waals surface area contributed by atoms with Crippen molar-refractivity contribution in [1.29, 1.82) is 0 Å². The van der Waals surface area contributed by atoms with Gasteiger partial charge >= 0.3 is 0 Å². The molecule has 3 atom stereocenters. The van der Waals surface area contributed by atoms with Crippen molar-refractivity contribution in [2.75, 3.05) is 33.9 Å². The standard InChI is InChI=1S/C28H34N4O4/c1-19-15-32(20(2)18-33)28(34)25-13-22(21-8-10-24(35-4)11-9-21)14-30-27(25)36-26(19)17-31(3)16-23-7-5-6-12-29-23/h5-14,19-20,26,33H,15-18H2,1-4H3/t19-,20-,26-/m1/s1. The number of carbonyl (C=O) groups is 1. The molecule has 0 saturated carbocycles. The number of amides is 1. The lowest BCUT2D eigenvalue weighted by Gasteiger charge is -2.37. The van der Waals surface area contributed by atoms with Gasteiger partial charge in [-0.3, -0.25) is 14.7 Å². The zero-order valence-electron chi connectivity index (χ0n) is 21.3. The van der Waals surface area contributed by atoms with Gasteiger partial charge in [0.05, 0.1) is 25.5 Å². The topological polar surface area (TPSA) is 88.0 Å². The zero-order chi connectivity index (χ0) is 25.7. The van der Waals surface area contributed by atoms with Crippen LogP contribution in [-0.2, 0) is 6.54 Å². The van der Waals surface area contributed by atoms with E-state index < -0.39 is 0 Å². The predicted molar refractivity (Wildman–Crippen MR) is 138 cm³/mol. The quantitative estimate of drug-likeness (QED) is 0.517. The van der Waals surface area contributed by atoms with Crippen LogP contribution in [0.5, 0.6) is 11.6 Å². The lowest BCUT2D eigenvalue weighted by molar-refractivity contribution is 0.0324. The molecule has 0 bridgehead atoms. The first kappa shape index (κ1) is 25.6. The molecule has 3 aromatic rings. The molecule has 1 amide bonds. The number of hydrogen-bond acceptors (Lipinski definition) is 7. The van der Waals surface area contributed by atoms with Gasteiger partial charge in [0.25, 0.3) is 5.91 Å². The fourth-order valence-electron chi connectivity index (χ4n) is 4.40. The van der Waals surface area contributed by atoms with E-state index in [9.17, 15) is 9.90 Å². The summed E-state index contributed by atoms with van der Waals surface area (Å²) in [5, 5.41) is 9.89. The minimum atomic E-state index is -0.331. The first-order chi connectivity index (χ1) is 17.4. The molecule has 0 fully saturated rings. The SMILES string of the molecule is COc1ccc(-c2cnc3c(c2)C(=O)N([C@H](C)CO)C[C@@H](C)[C@@H](CN(C)Cc2ccccn2)O3)cc1. The zero-order valence-corrected chi connectivity index (χ0v) is 21.3. The maximum atomic E-state index is 13.6. The molecule has 8 nitrogen and oxygen atoms in total. The van der Waals surface area contributed by atoms with Crippen molar-refractivity contribution in [3.63, 3.8) is 0 Å². The second-order valence-electron chi connectivity index (χ2n) is 9.45. The maximum absolute atomic E-state index is 13.6. The molecule has 1 aliphatic heterocycles. The van der Waals surface area contributed by atoms with E-state index in [1.54, 1.807) is 24.4 Å². The molecule has 1 aliphatic rings. The van der Waals surface area contributed by atoms with Gasteiger partial charge < -0.3 is 19.5 Å². The highest BCUT2D eigenvalue weighted by Gasteiger charge is 2.34. The Labute approximate surface area is 212 Å². The molecule has 0 aliphatic carbocycles. The lowest BCUT2D eigenvalue weighted by Crippen LogP contribution is -2.49. The van der Waals surface area contributed by atoms with Gasteiger partial charge in [0.15, 0.2) is 0 Å². The fourth-order valence-corrected chi connectivity index (χ4v) is 4.40. The Morgan fingerprint density at radius 3 is 2.64 bits per heavy atom. The Hall–Kier alpha value is -3.49. The first-order valence-corrected chi connectivity index (χ1v) is 12.2. The van der Waals surface area contributed by atoms with Crippen molar-refractivity contribution in [3.05, 3.63) is 72.2 Å². The summed E-state index contributed by atoms with van der Waals surface area (Å²) >= 11 is 0. The molecule has 0 unspecified atom stereocenters. The second kappa shape index (κ2) is 11.5. The average molecular weight is 491 g/mol. The second-order valence-corrected chi connectivity index (χ2v) is 9.45. The minimum absolute atomic E-state index is 0.0188. The summed E-state index contributed by atoms with van der Waals surface area (Å²) < 4.78 is 11.7. The number of methoxy groups -OCH3 is 1. The van der Waals surface area contributed by atoms with Crippen LogP contribution >= 0.6 is 0 Å². The number of rotatable bonds is 8. The number of aliphatic hydroxyl groups excluding tert-OH is 1. The molecule has 4 rings (SSSR count). The molecule has 0 radical (unpaired) electrons. The van der Waals surface area contributed by atoms with Gasteiger partial charge in [-0.05, 0) is 49.9 Å². The minimum Gasteiger partial charge on any atom is -0.497 e. The number of pyridine rings is 2. The number of fused-ring (bicyclic) bond motifs is 1. The van der Waals surface area contributed by atoms with Crippen LogP contribution in [0.1, 0.15) is 29.9 Å². The van der Waals surface area contributed by atoms with Gasteiger partial charge in [-0.1, -0.05) is 25.1 Å². The van der Waals surface area contributed by atoms with E-state index in [1.165, 1.54) is 0 Å². The summed E-state index contributed by atoms with van der Waals surface area (Å²) in [7, 11) is 3.66. The van der Waals surface area contributed by atoms with Gasteiger partial charge in [0.1, 0.15) is 17.4 Å². The van der Waals surface area contributed by atoms with Crippen molar-refractivity contribution >= 4 is 5.91 Å². The van der Waals surface area contributed by atoms with Crippen LogP contribution < -0.4 is 9.47 Å². The molecular formula is C28H34N4O4. The number of carbonyl (C=O) groups excluding carboxylic acids is 1. The number of nitrogens with zero attached hydrogens (tertiary/aromatic N) is 4. The maximum Gasteiger partial charge on any atom is 0.259 e. The molecule has 36 heavy (non-hydrogen) atoms. The number of likely N-dealkylation sites (N-methyl/N-ethyl adjacent to an activating group) is 1. The molecule has 190 valence electrons. The number of ether oxygens (including phenoxy) is 2. The highest BCUT2D eigenvalue weighted by atomic mass is 16.5. The monoisotopic (exact) mass is 490 g/mol. The van der Waals surface area contributed by atoms with Crippen LogP contribution in [0.4, 0.5) is 0 Å². The number of hydrogen-bond donors (Lipinski definition) is 1. The van der Waals surface area contributed by atoms with Crippen LogP contribution in [0.15, 0.2) is 60.9 Å². The van der Waals surface area contributed by atoms with E-state index in [2.05, 4.69) is 21.8 Å². The Balaban J connectivity index is 1.65. The average Bonchev–Trinajstić information content (AvgIpc) is 2.90. The first-order valence-electron chi connectivity index (χ1n) is 12.2. The van der Waals surface area contributed by atoms with Crippen LogP contribution in [0.3, 0.4) is 0 Å². The van der Waals surface area contributed by atoms with Gasteiger partial charge in [0, 0.05) is 43.5 Å². The summed E-state index contributed by atoms with van der Waals surface area (Å²) in [6.45, 7) is 5.59. The normalized spacial score (nSPS) is 18.7. The molecule has 1 N–H and O–H groups in total. The van der Waals surface area contributed by atoms with Gasteiger partial charge in [0.2, 0.25) is 5.88 Å². The summed E-state index contributed by atoms with van der Waals surface area (Å²) in [6, 6.07) is 15.0. The van der Waals surface area contributed by atoms with Crippen LogP contribution in [-0.4, -0.2) is 76.8 Å². The van der Waals surface area contributed by atoms with E-state index in [-0.39, 0.29) is 30.6 Å². The van der Waals surface area contributed by atoms with E-state index in [0.29, 0.717) is 31.1 Å². The van der Waals surface area contributed by atoms with Gasteiger partial charge in [-0.15, -0.1) is 0 Å². The molecule has 8 heteroatoms. The van der Waals surface area contributed by atoms with Crippen molar-refractivity contribution in [3.8, 4) is 22.8 Å². The smallest absolute Gasteiger partial charge is 0.259 e. The van der Waals surface area contributed by atoms with Crippen molar-refractivity contribution in [2.45, 2.75) is 32.5 Å². The van der Waals surface area contributed by atoms with Crippen LogP contribution in [0.2, 0.25) is 0 Å². The van der Waals surface area contributed by atoms with E-state index in [1.807, 2.05) is 62.5 Å². The Kier molecular flexibility index (Phi) is 8.18. The van der Waals surface area contributed by atoms with E-state index in [4.69, 9.17) is 9.47 Å². The van der Waals surface area contributed by atoms with Crippen molar-refractivity contribution < 1.29 is 19.4 Å². The summed E-state index contributed by atoms with van der Waals surface area (Å²) in [6.07, 6.45) is 3.31. The Morgan fingerprint density at radius 2 is 1.97 bits per heavy atom. The van der Waals surface area contributed by atoms with E-state index in [0.717, 1.165) is 22.6 Å². The summed E-state index contributed by atoms with van der Waals surface area (Å²) in [4.78, 5) is 26.6. The molecule has 3 heterocycles. The van der Waals surface area contributed by atoms with E-state index >= 15 is 0 Å². The van der Waals surface area contributed by atoms with Crippen molar-refractivity contribution in [1.82, 2.24) is 19.8 Å². The molecule has 0 saturated heterocycles. The third kappa shape index (κ3) is 5.83. The molecule has 1 aromatic carbocycles.